The van der Waals surface area contributed by atoms with E-state index in [1.807, 2.05) is 57.8 Å². The molecule has 1 spiro atoms. The number of hydrogen-bond acceptors (Lipinski definition) is 10. The molecule has 51 heavy (non-hydrogen) atoms. The highest BCUT2D eigenvalue weighted by Crippen LogP contribution is 2.45. The van der Waals surface area contributed by atoms with Gasteiger partial charge in [0.25, 0.3) is 0 Å². The van der Waals surface area contributed by atoms with Gasteiger partial charge in [-0.15, -0.1) is 0 Å². The Kier molecular flexibility index (Phi) is 10.6. The van der Waals surface area contributed by atoms with Gasteiger partial charge in [-0.05, 0) is 84.9 Å². The number of anilines is 2. The minimum absolute atomic E-state index is 0.0645. The Morgan fingerprint density at radius 1 is 1.06 bits per heavy atom. The number of piperidine rings is 1. The summed E-state index contributed by atoms with van der Waals surface area (Å²) in [5.41, 5.74) is 7.14. The summed E-state index contributed by atoms with van der Waals surface area (Å²) in [6.45, 7) is 4.85. The SMILES string of the molecule is CCOC(=O)[C@@H]1CC2(CCN(c3cc(O[C@H](c4ccc(I)cc4-n4ccc(C)n4)C(F)(F)F)nc(N)n3)CC2)CN1C(=O)OCc1ccccc1. The van der Waals surface area contributed by atoms with Gasteiger partial charge in [0.15, 0.2) is 0 Å². The number of aromatic nitrogens is 4. The zero-order chi connectivity index (χ0) is 36.3. The van der Waals surface area contributed by atoms with Crippen LogP contribution in [0.4, 0.5) is 29.7 Å². The number of hydrogen-bond donors (Lipinski definition) is 1. The van der Waals surface area contributed by atoms with E-state index in [1.54, 1.807) is 38.2 Å². The van der Waals surface area contributed by atoms with E-state index in [0.29, 0.717) is 50.4 Å². The van der Waals surface area contributed by atoms with E-state index in [-0.39, 0.29) is 36.3 Å². The fraction of sp³-hybridized carbons (Fsp3) is 0.400. The Bertz CT molecular complexity index is 1870. The average molecular weight is 820 g/mol. The van der Waals surface area contributed by atoms with Crippen LogP contribution >= 0.6 is 22.6 Å². The lowest BCUT2D eigenvalue weighted by Crippen LogP contribution is -2.43. The van der Waals surface area contributed by atoms with Crippen molar-refractivity contribution in [1.29, 1.82) is 0 Å². The van der Waals surface area contributed by atoms with Gasteiger partial charge in [0.2, 0.25) is 17.9 Å². The monoisotopic (exact) mass is 819 g/mol. The number of esters is 1. The molecule has 1 amide bonds. The van der Waals surface area contributed by atoms with Gasteiger partial charge >= 0.3 is 18.2 Å². The van der Waals surface area contributed by atoms with Crippen molar-refractivity contribution in [2.75, 3.05) is 36.9 Å². The number of alkyl halides is 3. The maximum atomic E-state index is 14.7. The van der Waals surface area contributed by atoms with Gasteiger partial charge in [-0.25, -0.2) is 14.3 Å². The Morgan fingerprint density at radius 3 is 2.47 bits per heavy atom. The summed E-state index contributed by atoms with van der Waals surface area (Å²) < 4.78 is 62.6. The van der Waals surface area contributed by atoms with Gasteiger partial charge in [-0.1, -0.05) is 36.4 Å². The molecule has 4 aromatic rings. The molecule has 2 saturated heterocycles. The van der Waals surface area contributed by atoms with Crippen LogP contribution in [0, 0.1) is 15.9 Å². The third-order valence-corrected chi connectivity index (χ3v) is 9.81. The van der Waals surface area contributed by atoms with Crippen LogP contribution in [0.2, 0.25) is 0 Å². The number of benzene rings is 2. The molecule has 2 aliphatic rings. The summed E-state index contributed by atoms with van der Waals surface area (Å²) in [5, 5.41) is 4.32. The van der Waals surface area contributed by atoms with E-state index < -0.39 is 35.8 Å². The van der Waals surface area contributed by atoms with E-state index in [0.717, 1.165) is 9.13 Å². The zero-order valence-electron chi connectivity index (χ0n) is 28.0. The van der Waals surface area contributed by atoms with Crippen molar-refractivity contribution in [2.45, 2.75) is 58.0 Å². The first-order chi connectivity index (χ1) is 24.3. The molecule has 2 aromatic heterocycles. The zero-order valence-corrected chi connectivity index (χ0v) is 30.1. The number of amides is 1. The quantitative estimate of drug-likeness (QED) is 0.149. The van der Waals surface area contributed by atoms with Crippen LogP contribution in [0.25, 0.3) is 5.69 Å². The molecular weight excluding hydrogens is 782 g/mol. The van der Waals surface area contributed by atoms with Crippen LogP contribution in [0.5, 0.6) is 5.88 Å². The Morgan fingerprint density at radius 2 is 1.80 bits per heavy atom. The molecule has 2 fully saturated rings. The van der Waals surface area contributed by atoms with Gasteiger partial charge in [0.1, 0.15) is 18.5 Å². The van der Waals surface area contributed by atoms with Crippen molar-refractivity contribution in [2.24, 2.45) is 5.41 Å². The third-order valence-electron chi connectivity index (χ3n) is 9.14. The molecular formula is C35H37F3IN7O5. The number of ether oxygens (including phenoxy) is 3. The molecule has 270 valence electrons. The lowest BCUT2D eigenvalue weighted by atomic mass is 9.76. The highest BCUT2D eigenvalue weighted by Gasteiger charge is 2.51. The van der Waals surface area contributed by atoms with E-state index in [4.69, 9.17) is 19.9 Å². The minimum atomic E-state index is -4.81. The number of nitrogens with two attached hydrogens (primary N) is 1. The second-order valence-electron chi connectivity index (χ2n) is 12.7. The fourth-order valence-corrected chi connectivity index (χ4v) is 7.11. The molecule has 2 atom stereocenters. The molecule has 0 saturated carbocycles. The first-order valence-corrected chi connectivity index (χ1v) is 17.5. The molecule has 0 radical (unpaired) electrons. The van der Waals surface area contributed by atoms with E-state index in [9.17, 15) is 22.8 Å². The van der Waals surface area contributed by atoms with Crippen LogP contribution < -0.4 is 15.4 Å². The number of carbonyl (C=O) groups is 2. The Hall–Kier alpha value is -4.61. The first-order valence-electron chi connectivity index (χ1n) is 16.4. The number of nitrogen functional groups attached to an aromatic ring is 1. The highest BCUT2D eigenvalue weighted by atomic mass is 127. The normalized spacial score (nSPS) is 17.7. The first kappa shape index (κ1) is 36.2. The molecule has 0 bridgehead atoms. The largest absolute Gasteiger partial charge is 0.464 e. The number of halogens is 4. The molecule has 6 rings (SSSR count). The van der Waals surface area contributed by atoms with Gasteiger partial charge in [0.05, 0.1) is 18.0 Å². The summed E-state index contributed by atoms with van der Waals surface area (Å²) in [6, 6.07) is 16.0. The van der Waals surface area contributed by atoms with Crippen LogP contribution in [0.15, 0.2) is 66.9 Å². The molecule has 2 aromatic carbocycles. The van der Waals surface area contributed by atoms with Crippen molar-refractivity contribution in [1.82, 2.24) is 24.6 Å². The smallest absolute Gasteiger partial charge is 0.429 e. The summed E-state index contributed by atoms with van der Waals surface area (Å²) >= 11 is 2.03. The number of nitrogens with zero attached hydrogens (tertiary/aromatic N) is 6. The molecule has 4 heterocycles. The van der Waals surface area contributed by atoms with Crippen molar-refractivity contribution in [3.8, 4) is 11.6 Å². The third kappa shape index (κ3) is 8.31. The summed E-state index contributed by atoms with van der Waals surface area (Å²) in [4.78, 5) is 37.9. The van der Waals surface area contributed by atoms with Crippen molar-refractivity contribution >= 4 is 46.4 Å². The summed E-state index contributed by atoms with van der Waals surface area (Å²) in [7, 11) is 0. The van der Waals surface area contributed by atoms with Crippen molar-refractivity contribution in [3.05, 3.63) is 87.3 Å². The summed E-state index contributed by atoms with van der Waals surface area (Å²) in [5.74, 6) is -0.767. The van der Waals surface area contributed by atoms with Crippen LogP contribution in [-0.4, -0.2) is 75.2 Å². The predicted octanol–water partition coefficient (Wildman–Crippen LogP) is 6.40. The van der Waals surface area contributed by atoms with Crippen LogP contribution in [-0.2, 0) is 20.9 Å². The van der Waals surface area contributed by atoms with Crippen LogP contribution in [0.3, 0.4) is 0 Å². The van der Waals surface area contributed by atoms with E-state index >= 15 is 0 Å². The molecule has 2 N–H and O–H groups in total. The lowest BCUT2D eigenvalue weighted by molar-refractivity contribution is -0.198. The lowest BCUT2D eigenvalue weighted by Gasteiger charge is -2.39. The van der Waals surface area contributed by atoms with E-state index in [1.165, 1.54) is 21.7 Å². The molecule has 12 nitrogen and oxygen atoms in total. The predicted molar refractivity (Wildman–Crippen MR) is 189 cm³/mol. The second-order valence-corrected chi connectivity index (χ2v) is 13.9. The highest BCUT2D eigenvalue weighted by molar-refractivity contribution is 14.1. The van der Waals surface area contributed by atoms with E-state index in [2.05, 4.69) is 15.1 Å². The summed E-state index contributed by atoms with van der Waals surface area (Å²) in [6.07, 6.45) is -4.69. The number of carbonyl (C=O) groups excluding carboxylic acids is 2. The van der Waals surface area contributed by atoms with Crippen molar-refractivity contribution < 1.29 is 37.0 Å². The van der Waals surface area contributed by atoms with Gasteiger partial charge in [-0.2, -0.15) is 28.2 Å². The number of likely N-dealkylation sites (tertiary alicyclic amines) is 1. The maximum Gasteiger partial charge on any atom is 0.429 e. The van der Waals surface area contributed by atoms with Crippen LogP contribution in [0.1, 0.15) is 49.1 Å². The Balaban J connectivity index is 1.19. The molecule has 0 aliphatic carbocycles. The van der Waals surface area contributed by atoms with Gasteiger partial charge < -0.3 is 24.8 Å². The van der Waals surface area contributed by atoms with Gasteiger partial charge in [0, 0.05) is 41.0 Å². The Labute approximate surface area is 306 Å². The fourth-order valence-electron chi connectivity index (χ4n) is 6.64. The number of rotatable bonds is 9. The molecule has 2 aliphatic heterocycles. The maximum absolute atomic E-state index is 14.7. The minimum Gasteiger partial charge on any atom is -0.464 e. The van der Waals surface area contributed by atoms with Gasteiger partial charge in [-0.3, -0.25) is 4.90 Å². The topological polar surface area (TPSA) is 138 Å². The second kappa shape index (κ2) is 14.9. The van der Waals surface area contributed by atoms with Crippen molar-refractivity contribution in [3.63, 3.8) is 0 Å². The molecule has 16 heteroatoms. The standard InChI is InChI=1S/C35H37F3IN7O5/c1-3-49-31(47)27-19-34(21-45(27)33(48)50-20-23-7-5-4-6-8-23)12-15-44(16-13-34)28-18-29(42-32(40)41-28)51-30(35(36,37)38)25-10-9-24(39)17-26(25)46-14-11-22(2)43-46/h4-11,14,17-18,27,30H,3,12-13,15-16,19-21H2,1-2H3,(H2,40,41,42)/t27-,30+/m0/s1. The average Bonchev–Trinajstić information content (AvgIpc) is 3.70. The number of aryl methyl sites for hydroxylation is 1. The molecule has 0 unspecified atom stereocenters.